The SMILES string of the molecule is Cc1noc(C)c1-c1ccc2nc(C)n(CC3CC3)c2c1. The maximum Gasteiger partial charge on any atom is 0.141 e. The molecule has 0 N–H and O–H groups in total. The van der Waals surface area contributed by atoms with Crippen LogP contribution in [0.3, 0.4) is 0 Å². The van der Waals surface area contributed by atoms with Crippen LogP contribution in [-0.2, 0) is 6.54 Å². The summed E-state index contributed by atoms with van der Waals surface area (Å²) in [5, 5.41) is 4.06. The average Bonchev–Trinajstić information content (AvgIpc) is 3.15. The fraction of sp³-hybridized carbons (Fsp3) is 0.412. The van der Waals surface area contributed by atoms with Gasteiger partial charge in [-0.3, -0.25) is 0 Å². The van der Waals surface area contributed by atoms with E-state index in [9.17, 15) is 0 Å². The lowest BCUT2D eigenvalue weighted by atomic mass is 10.0. The van der Waals surface area contributed by atoms with Gasteiger partial charge in [0.25, 0.3) is 0 Å². The number of imidazole rings is 1. The fourth-order valence-corrected chi connectivity index (χ4v) is 3.08. The Hall–Kier alpha value is -2.10. The largest absolute Gasteiger partial charge is 0.361 e. The first-order chi connectivity index (χ1) is 10.1. The molecule has 0 spiro atoms. The van der Waals surface area contributed by atoms with Crippen molar-refractivity contribution in [3.8, 4) is 11.1 Å². The highest BCUT2D eigenvalue weighted by atomic mass is 16.5. The van der Waals surface area contributed by atoms with Crippen molar-refractivity contribution < 1.29 is 4.52 Å². The van der Waals surface area contributed by atoms with E-state index in [-0.39, 0.29) is 0 Å². The number of hydrogen-bond donors (Lipinski definition) is 0. The molecule has 0 radical (unpaired) electrons. The molecule has 1 fully saturated rings. The molecular formula is C17H19N3O. The number of rotatable bonds is 3. The Morgan fingerprint density at radius 1 is 1.24 bits per heavy atom. The van der Waals surface area contributed by atoms with E-state index in [1.54, 1.807) is 0 Å². The van der Waals surface area contributed by atoms with Crippen LogP contribution in [0.2, 0.25) is 0 Å². The summed E-state index contributed by atoms with van der Waals surface area (Å²) in [6.45, 7) is 7.14. The van der Waals surface area contributed by atoms with Gasteiger partial charge in [0, 0.05) is 12.1 Å². The molecule has 1 aliphatic rings. The molecule has 1 aliphatic carbocycles. The molecule has 4 nitrogen and oxygen atoms in total. The maximum atomic E-state index is 5.30. The molecule has 2 heterocycles. The van der Waals surface area contributed by atoms with Crippen LogP contribution in [0, 0.1) is 26.7 Å². The number of aromatic nitrogens is 3. The summed E-state index contributed by atoms with van der Waals surface area (Å²) in [6.07, 6.45) is 2.70. The summed E-state index contributed by atoms with van der Waals surface area (Å²) in [6, 6.07) is 6.44. The normalized spacial score (nSPS) is 15.0. The molecule has 1 aromatic carbocycles. The molecule has 0 saturated heterocycles. The van der Waals surface area contributed by atoms with E-state index in [1.165, 1.54) is 18.4 Å². The Morgan fingerprint density at radius 2 is 2.05 bits per heavy atom. The van der Waals surface area contributed by atoms with Crippen molar-refractivity contribution in [2.24, 2.45) is 5.92 Å². The lowest BCUT2D eigenvalue weighted by molar-refractivity contribution is 0.393. The van der Waals surface area contributed by atoms with Gasteiger partial charge in [0.05, 0.1) is 16.7 Å². The van der Waals surface area contributed by atoms with Gasteiger partial charge in [0.15, 0.2) is 0 Å². The minimum atomic E-state index is 0.837. The van der Waals surface area contributed by atoms with Crippen molar-refractivity contribution in [3.05, 3.63) is 35.5 Å². The quantitative estimate of drug-likeness (QED) is 0.728. The molecule has 4 rings (SSSR count). The summed E-state index contributed by atoms with van der Waals surface area (Å²) in [5.41, 5.74) is 5.50. The van der Waals surface area contributed by atoms with Gasteiger partial charge in [-0.2, -0.15) is 0 Å². The van der Waals surface area contributed by atoms with Crippen LogP contribution in [0.4, 0.5) is 0 Å². The van der Waals surface area contributed by atoms with Crippen molar-refractivity contribution in [2.75, 3.05) is 0 Å². The number of hydrogen-bond acceptors (Lipinski definition) is 3. The molecule has 0 atom stereocenters. The molecule has 0 aliphatic heterocycles. The summed E-state index contributed by atoms with van der Waals surface area (Å²) in [4.78, 5) is 4.69. The summed E-state index contributed by atoms with van der Waals surface area (Å²) < 4.78 is 7.66. The minimum absolute atomic E-state index is 0.837. The van der Waals surface area contributed by atoms with E-state index in [4.69, 9.17) is 4.52 Å². The Bertz CT molecular complexity index is 805. The standard InChI is InChI=1S/C17H19N3O/c1-10-17(11(2)21-19-10)14-6-7-15-16(8-14)20(12(3)18-15)9-13-4-5-13/h6-8,13H,4-5,9H2,1-3H3. The van der Waals surface area contributed by atoms with Crippen LogP contribution in [0.5, 0.6) is 0 Å². The second kappa shape index (κ2) is 4.45. The highest BCUT2D eigenvalue weighted by molar-refractivity contribution is 5.83. The monoisotopic (exact) mass is 281 g/mol. The smallest absolute Gasteiger partial charge is 0.141 e. The molecular weight excluding hydrogens is 262 g/mol. The maximum absolute atomic E-state index is 5.30. The number of aryl methyl sites for hydroxylation is 3. The van der Waals surface area contributed by atoms with Crippen molar-refractivity contribution in [3.63, 3.8) is 0 Å². The molecule has 21 heavy (non-hydrogen) atoms. The zero-order valence-corrected chi connectivity index (χ0v) is 12.7. The summed E-state index contributed by atoms with van der Waals surface area (Å²) in [7, 11) is 0. The van der Waals surface area contributed by atoms with Crippen molar-refractivity contribution >= 4 is 11.0 Å². The predicted molar refractivity (Wildman–Crippen MR) is 82.2 cm³/mol. The first-order valence-electron chi connectivity index (χ1n) is 7.53. The van der Waals surface area contributed by atoms with E-state index in [1.807, 2.05) is 13.8 Å². The van der Waals surface area contributed by atoms with Crippen LogP contribution >= 0.6 is 0 Å². The highest BCUT2D eigenvalue weighted by Gasteiger charge is 2.23. The first kappa shape index (κ1) is 12.6. The third-order valence-corrected chi connectivity index (χ3v) is 4.40. The summed E-state index contributed by atoms with van der Waals surface area (Å²) >= 11 is 0. The fourth-order valence-electron chi connectivity index (χ4n) is 3.08. The van der Waals surface area contributed by atoms with Crippen LogP contribution < -0.4 is 0 Å². The van der Waals surface area contributed by atoms with Crippen LogP contribution in [0.1, 0.15) is 30.1 Å². The van der Waals surface area contributed by atoms with E-state index in [0.717, 1.165) is 46.4 Å². The molecule has 0 unspecified atom stereocenters. The molecule has 108 valence electrons. The lowest BCUT2D eigenvalue weighted by Gasteiger charge is -2.07. The molecule has 0 amide bonds. The van der Waals surface area contributed by atoms with Gasteiger partial charge in [0.2, 0.25) is 0 Å². The molecule has 2 aromatic heterocycles. The average molecular weight is 281 g/mol. The Kier molecular flexibility index (Phi) is 2.67. The zero-order valence-electron chi connectivity index (χ0n) is 12.7. The molecule has 1 saturated carbocycles. The second-order valence-corrected chi connectivity index (χ2v) is 6.12. The minimum Gasteiger partial charge on any atom is -0.361 e. The van der Waals surface area contributed by atoms with Crippen LogP contribution in [0.15, 0.2) is 22.7 Å². The van der Waals surface area contributed by atoms with Crippen molar-refractivity contribution in [2.45, 2.75) is 40.2 Å². The zero-order chi connectivity index (χ0) is 14.6. The third-order valence-electron chi connectivity index (χ3n) is 4.40. The van der Waals surface area contributed by atoms with Gasteiger partial charge >= 0.3 is 0 Å². The molecule has 0 bridgehead atoms. The molecule has 4 heteroatoms. The molecule has 3 aromatic rings. The number of benzene rings is 1. The Morgan fingerprint density at radius 3 is 2.71 bits per heavy atom. The Balaban J connectivity index is 1.88. The predicted octanol–water partition coefficient (Wildman–Crippen LogP) is 4.03. The summed E-state index contributed by atoms with van der Waals surface area (Å²) in [5.74, 6) is 2.81. The van der Waals surface area contributed by atoms with Gasteiger partial charge in [0.1, 0.15) is 11.6 Å². The first-order valence-corrected chi connectivity index (χ1v) is 7.53. The second-order valence-electron chi connectivity index (χ2n) is 6.12. The van der Waals surface area contributed by atoms with Crippen LogP contribution in [0.25, 0.3) is 22.2 Å². The topological polar surface area (TPSA) is 43.9 Å². The lowest BCUT2D eigenvalue weighted by Crippen LogP contribution is -2.01. The van der Waals surface area contributed by atoms with Gasteiger partial charge < -0.3 is 9.09 Å². The van der Waals surface area contributed by atoms with E-state index in [2.05, 4.69) is 39.8 Å². The van der Waals surface area contributed by atoms with Gasteiger partial charge in [-0.15, -0.1) is 0 Å². The third kappa shape index (κ3) is 2.06. The van der Waals surface area contributed by atoms with Crippen molar-refractivity contribution in [1.82, 2.24) is 14.7 Å². The van der Waals surface area contributed by atoms with E-state index >= 15 is 0 Å². The van der Waals surface area contributed by atoms with E-state index < -0.39 is 0 Å². The van der Waals surface area contributed by atoms with E-state index in [0.29, 0.717) is 0 Å². The number of fused-ring (bicyclic) bond motifs is 1. The van der Waals surface area contributed by atoms with Crippen molar-refractivity contribution in [1.29, 1.82) is 0 Å². The Labute approximate surface area is 123 Å². The van der Waals surface area contributed by atoms with Crippen LogP contribution in [-0.4, -0.2) is 14.7 Å². The van der Waals surface area contributed by atoms with Gasteiger partial charge in [-0.25, -0.2) is 4.98 Å². The highest BCUT2D eigenvalue weighted by Crippen LogP contribution is 2.34. The van der Waals surface area contributed by atoms with Gasteiger partial charge in [-0.1, -0.05) is 11.2 Å². The van der Waals surface area contributed by atoms with Gasteiger partial charge in [-0.05, 0) is 57.2 Å². The number of nitrogens with zero attached hydrogens (tertiary/aromatic N) is 3.